The molecule has 1 aliphatic rings. The number of nitrogens with one attached hydrogen (secondary N) is 2. The fourth-order valence-electron chi connectivity index (χ4n) is 3.15. The Hall–Kier alpha value is -1.96. The van der Waals surface area contributed by atoms with Gasteiger partial charge in [0.1, 0.15) is 0 Å². The van der Waals surface area contributed by atoms with Crippen molar-refractivity contribution in [1.29, 1.82) is 0 Å². The number of amides is 2. The maximum absolute atomic E-state index is 12.6. The number of aryl methyl sites for hydroxylation is 1. The monoisotopic (exact) mass is 421 g/mol. The number of ether oxygens (including phenoxy) is 1. The van der Waals surface area contributed by atoms with Crippen LogP contribution in [-0.4, -0.2) is 36.6 Å². The van der Waals surface area contributed by atoms with Gasteiger partial charge in [-0.25, -0.2) is 4.98 Å². The minimum Gasteiger partial charge on any atom is -0.382 e. The highest BCUT2D eigenvalue weighted by Crippen LogP contribution is 2.37. The molecule has 0 spiro atoms. The number of aromatic nitrogens is 1. The van der Waals surface area contributed by atoms with Gasteiger partial charge in [-0.1, -0.05) is 11.6 Å². The standard InChI is InChI=1S/C20H24ClN3O3S/c1-2-27-12-4-11-22-19(26)15-5-3-6-16-17(15)23-20(28-16)24-18(25)13-7-9-14(21)10-8-13/h7-10,15H,2-6,11-12H2,1H3,(H,22,26)(H,23,24,25). The summed E-state index contributed by atoms with van der Waals surface area (Å²) < 4.78 is 5.29. The molecule has 0 fully saturated rings. The summed E-state index contributed by atoms with van der Waals surface area (Å²) in [6.07, 6.45) is 3.39. The van der Waals surface area contributed by atoms with Gasteiger partial charge in [0.05, 0.1) is 11.6 Å². The molecule has 1 aliphatic carbocycles. The lowest BCUT2D eigenvalue weighted by molar-refractivity contribution is -0.123. The Morgan fingerprint density at radius 2 is 2.11 bits per heavy atom. The van der Waals surface area contributed by atoms with Crippen LogP contribution in [0, 0.1) is 0 Å². The van der Waals surface area contributed by atoms with Crippen LogP contribution in [0.2, 0.25) is 5.02 Å². The van der Waals surface area contributed by atoms with Crippen LogP contribution in [0.15, 0.2) is 24.3 Å². The molecule has 8 heteroatoms. The maximum atomic E-state index is 12.6. The number of carbonyl (C=O) groups excluding carboxylic acids is 2. The van der Waals surface area contributed by atoms with Crippen LogP contribution >= 0.6 is 22.9 Å². The second kappa shape index (κ2) is 10.0. The molecule has 2 N–H and O–H groups in total. The van der Waals surface area contributed by atoms with Crippen molar-refractivity contribution in [2.24, 2.45) is 0 Å². The van der Waals surface area contributed by atoms with E-state index >= 15 is 0 Å². The number of halogens is 1. The molecular formula is C20H24ClN3O3S. The summed E-state index contributed by atoms with van der Waals surface area (Å²) >= 11 is 7.31. The summed E-state index contributed by atoms with van der Waals surface area (Å²) in [6.45, 7) is 3.87. The first kappa shape index (κ1) is 20.8. The Balaban J connectivity index is 1.62. The first-order valence-corrected chi connectivity index (χ1v) is 10.7. The highest BCUT2D eigenvalue weighted by molar-refractivity contribution is 7.16. The van der Waals surface area contributed by atoms with Gasteiger partial charge in [-0.2, -0.15) is 0 Å². The van der Waals surface area contributed by atoms with Gasteiger partial charge in [-0.05, 0) is 56.9 Å². The van der Waals surface area contributed by atoms with Crippen LogP contribution in [0.3, 0.4) is 0 Å². The first-order valence-electron chi connectivity index (χ1n) is 9.50. The third-order valence-electron chi connectivity index (χ3n) is 4.57. The molecular weight excluding hydrogens is 398 g/mol. The van der Waals surface area contributed by atoms with Gasteiger partial charge in [0.2, 0.25) is 5.91 Å². The number of anilines is 1. The molecule has 28 heavy (non-hydrogen) atoms. The Labute approximate surface area is 173 Å². The molecule has 1 unspecified atom stereocenters. The molecule has 0 radical (unpaired) electrons. The fourth-order valence-corrected chi connectivity index (χ4v) is 4.34. The highest BCUT2D eigenvalue weighted by Gasteiger charge is 2.30. The maximum Gasteiger partial charge on any atom is 0.257 e. The van der Waals surface area contributed by atoms with Crippen LogP contribution in [0.4, 0.5) is 5.13 Å². The topological polar surface area (TPSA) is 80.3 Å². The van der Waals surface area contributed by atoms with E-state index in [2.05, 4.69) is 15.6 Å². The van der Waals surface area contributed by atoms with Crippen LogP contribution in [0.5, 0.6) is 0 Å². The highest BCUT2D eigenvalue weighted by atomic mass is 35.5. The molecule has 0 bridgehead atoms. The van der Waals surface area contributed by atoms with Gasteiger partial charge in [-0.15, -0.1) is 11.3 Å². The number of thiazole rings is 1. The summed E-state index contributed by atoms with van der Waals surface area (Å²) in [7, 11) is 0. The van der Waals surface area contributed by atoms with Gasteiger partial charge in [0.25, 0.3) is 5.91 Å². The molecule has 150 valence electrons. The minimum atomic E-state index is -0.256. The minimum absolute atomic E-state index is 0.00155. The van der Waals surface area contributed by atoms with Crippen LogP contribution in [0.25, 0.3) is 0 Å². The molecule has 2 aromatic rings. The van der Waals surface area contributed by atoms with Crippen molar-refractivity contribution >= 4 is 39.9 Å². The van der Waals surface area contributed by atoms with E-state index in [-0.39, 0.29) is 17.7 Å². The Bertz CT molecular complexity index is 823. The average Bonchev–Trinajstić information content (AvgIpc) is 3.10. The van der Waals surface area contributed by atoms with Crippen LogP contribution in [0.1, 0.15) is 53.0 Å². The largest absolute Gasteiger partial charge is 0.382 e. The number of nitrogens with zero attached hydrogens (tertiary/aromatic N) is 1. The van der Waals surface area contributed by atoms with Gasteiger partial charge < -0.3 is 10.1 Å². The molecule has 6 nitrogen and oxygen atoms in total. The van der Waals surface area contributed by atoms with E-state index in [4.69, 9.17) is 16.3 Å². The molecule has 3 rings (SSSR count). The van der Waals surface area contributed by atoms with Gasteiger partial charge in [-0.3, -0.25) is 14.9 Å². The van der Waals surface area contributed by atoms with E-state index in [1.807, 2.05) is 6.92 Å². The molecule has 0 saturated carbocycles. The number of fused-ring (bicyclic) bond motifs is 1. The van der Waals surface area contributed by atoms with E-state index in [0.717, 1.165) is 36.3 Å². The van der Waals surface area contributed by atoms with E-state index in [0.29, 0.717) is 35.5 Å². The molecule has 2 amide bonds. The Morgan fingerprint density at radius 1 is 1.32 bits per heavy atom. The van der Waals surface area contributed by atoms with Crippen molar-refractivity contribution in [3.05, 3.63) is 45.4 Å². The summed E-state index contributed by atoms with van der Waals surface area (Å²) in [5.74, 6) is -0.494. The number of rotatable bonds is 8. The molecule has 1 aromatic heterocycles. The van der Waals surface area contributed by atoms with Crippen molar-refractivity contribution in [3.63, 3.8) is 0 Å². The predicted molar refractivity (Wildman–Crippen MR) is 111 cm³/mol. The lowest BCUT2D eigenvalue weighted by atomic mass is 9.90. The third-order valence-corrected chi connectivity index (χ3v) is 5.86. The normalized spacial score (nSPS) is 15.7. The van der Waals surface area contributed by atoms with Crippen molar-refractivity contribution in [2.75, 3.05) is 25.1 Å². The predicted octanol–water partition coefficient (Wildman–Crippen LogP) is 4.01. The van der Waals surface area contributed by atoms with E-state index < -0.39 is 0 Å². The molecule has 1 heterocycles. The number of hydrogen-bond donors (Lipinski definition) is 2. The smallest absolute Gasteiger partial charge is 0.257 e. The molecule has 0 saturated heterocycles. The van der Waals surface area contributed by atoms with Gasteiger partial charge in [0.15, 0.2) is 5.13 Å². The van der Waals surface area contributed by atoms with E-state index in [1.165, 1.54) is 11.3 Å². The first-order chi connectivity index (χ1) is 13.6. The Kier molecular flexibility index (Phi) is 7.42. The number of hydrogen-bond acceptors (Lipinski definition) is 5. The van der Waals surface area contributed by atoms with Crippen LogP contribution in [-0.2, 0) is 16.0 Å². The third kappa shape index (κ3) is 5.31. The zero-order valence-electron chi connectivity index (χ0n) is 15.8. The zero-order valence-corrected chi connectivity index (χ0v) is 17.4. The second-order valence-corrected chi connectivity index (χ2v) is 8.09. The Morgan fingerprint density at radius 3 is 2.86 bits per heavy atom. The summed E-state index contributed by atoms with van der Waals surface area (Å²) in [5.41, 5.74) is 1.31. The molecule has 0 aliphatic heterocycles. The van der Waals surface area contributed by atoms with Gasteiger partial charge in [0, 0.05) is 35.2 Å². The fraction of sp³-hybridized carbons (Fsp3) is 0.450. The van der Waals surface area contributed by atoms with Crippen molar-refractivity contribution in [3.8, 4) is 0 Å². The lowest BCUT2D eigenvalue weighted by Crippen LogP contribution is -2.32. The zero-order chi connectivity index (χ0) is 19.9. The van der Waals surface area contributed by atoms with E-state index in [1.54, 1.807) is 24.3 Å². The van der Waals surface area contributed by atoms with Crippen molar-refractivity contribution < 1.29 is 14.3 Å². The molecule has 1 aromatic carbocycles. The lowest BCUT2D eigenvalue weighted by Gasteiger charge is -2.20. The molecule has 1 atom stereocenters. The van der Waals surface area contributed by atoms with Crippen molar-refractivity contribution in [1.82, 2.24) is 10.3 Å². The summed E-state index contributed by atoms with van der Waals surface area (Å²) in [5, 5.41) is 6.93. The summed E-state index contributed by atoms with van der Waals surface area (Å²) in [4.78, 5) is 30.6. The van der Waals surface area contributed by atoms with Crippen molar-refractivity contribution in [2.45, 2.75) is 38.5 Å². The number of carbonyl (C=O) groups is 2. The second-order valence-electron chi connectivity index (χ2n) is 6.57. The number of benzene rings is 1. The van der Waals surface area contributed by atoms with E-state index in [9.17, 15) is 9.59 Å². The van der Waals surface area contributed by atoms with Crippen LogP contribution < -0.4 is 10.6 Å². The summed E-state index contributed by atoms with van der Waals surface area (Å²) in [6, 6.07) is 6.69. The SMILES string of the molecule is CCOCCCNC(=O)C1CCCc2sc(NC(=O)c3ccc(Cl)cc3)nc21. The van der Waals surface area contributed by atoms with Gasteiger partial charge >= 0.3 is 0 Å². The average molecular weight is 422 g/mol. The quantitative estimate of drug-likeness (QED) is 0.631.